The molecule has 1 heterocycles. The molecule has 0 bridgehead atoms. The second kappa shape index (κ2) is 6.79. The van der Waals surface area contributed by atoms with Crippen molar-refractivity contribution in [1.82, 2.24) is 0 Å². The molecule has 1 aromatic heterocycles. The Morgan fingerprint density at radius 3 is 2.52 bits per heavy atom. The van der Waals surface area contributed by atoms with Crippen LogP contribution in [0.1, 0.15) is 13.3 Å². The average molecular weight is 374 g/mol. The summed E-state index contributed by atoms with van der Waals surface area (Å²) in [5.41, 5.74) is -0.982. The highest BCUT2D eigenvalue weighted by Crippen LogP contribution is 2.38. The molecule has 0 aliphatic carbocycles. The van der Waals surface area contributed by atoms with Gasteiger partial charge in [-0.25, -0.2) is 4.79 Å². The Kier molecular flexibility index (Phi) is 4.51. The Hall–Kier alpha value is -3.88. The van der Waals surface area contributed by atoms with Crippen molar-refractivity contribution in [1.29, 1.82) is 0 Å². The van der Waals surface area contributed by atoms with Gasteiger partial charge in [0.25, 0.3) is 0 Å². The van der Waals surface area contributed by atoms with E-state index in [2.05, 4.69) is 4.89 Å². The number of fused-ring (bicyclic) bond motifs is 1. The molecule has 9 heteroatoms. The number of hydrogen-bond acceptors (Lipinski definition) is 9. The summed E-state index contributed by atoms with van der Waals surface area (Å²) in [6.07, 6.45) is 0.0494. The van der Waals surface area contributed by atoms with Gasteiger partial charge in [-0.05, 0) is 12.1 Å². The third kappa shape index (κ3) is 3.30. The van der Waals surface area contributed by atoms with Crippen LogP contribution in [0.2, 0.25) is 0 Å². The van der Waals surface area contributed by atoms with E-state index >= 15 is 0 Å². The van der Waals surface area contributed by atoms with E-state index in [0.717, 1.165) is 12.1 Å². The number of phenolic OH excluding ortho intramolecular Hbond substituents is 3. The molecule has 9 nitrogen and oxygen atoms in total. The largest absolute Gasteiger partial charge is 0.508 e. The molecule has 0 unspecified atom stereocenters. The fourth-order valence-corrected chi connectivity index (χ4v) is 2.34. The van der Waals surface area contributed by atoms with Gasteiger partial charge in [0.1, 0.15) is 22.5 Å². The average Bonchev–Trinajstić information content (AvgIpc) is 2.63. The third-order valence-electron chi connectivity index (χ3n) is 3.67. The van der Waals surface area contributed by atoms with Crippen molar-refractivity contribution in [3.63, 3.8) is 0 Å². The van der Waals surface area contributed by atoms with Crippen LogP contribution in [0.3, 0.4) is 0 Å². The Bertz CT molecular complexity index is 1100. The first kappa shape index (κ1) is 17.9. The summed E-state index contributed by atoms with van der Waals surface area (Å²) in [6.45, 7) is 1.55. The molecule has 3 aromatic rings. The Labute approximate surface area is 151 Å². The highest BCUT2D eigenvalue weighted by molar-refractivity contribution is 5.88. The van der Waals surface area contributed by atoms with E-state index in [4.69, 9.17) is 9.30 Å². The van der Waals surface area contributed by atoms with Crippen molar-refractivity contribution in [2.75, 3.05) is 0 Å². The molecule has 0 fully saturated rings. The van der Waals surface area contributed by atoms with Crippen molar-refractivity contribution in [2.24, 2.45) is 0 Å². The van der Waals surface area contributed by atoms with Crippen LogP contribution in [0.5, 0.6) is 28.7 Å². The standard InChI is InChI=1S/C18H14O9/c1-2-14(22)27-26-12-5-8(3-4-10(12)20)18-17(24)16(23)15-11(21)6-9(19)7-13(15)25-18/h3-7,19-21,24H,2H2,1H3. The Balaban J connectivity index is 2.14. The summed E-state index contributed by atoms with van der Waals surface area (Å²) >= 11 is 0. The summed E-state index contributed by atoms with van der Waals surface area (Å²) in [6, 6.07) is 5.70. The third-order valence-corrected chi connectivity index (χ3v) is 3.67. The molecule has 0 amide bonds. The molecule has 0 atom stereocenters. The van der Waals surface area contributed by atoms with Crippen molar-refractivity contribution in [2.45, 2.75) is 13.3 Å². The number of carbonyl (C=O) groups excluding carboxylic acids is 1. The molecule has 0 saturated carbocycles. The zero-order chi connectivity index (χ0) is 19.7. The van der Waals surface area contributed by atoms with Crippen LogP contribution in [-0.4, -0.2) is 26.4 Å². The molecular formula is C18H14O9. The normalized spacial score (nSPS) is 10.7. The Morgan fingerprint density at radius 1 is 1.07 bits per heavy atom. The minimum atomic E-state index is -0.920. The van der Waals surface area contributed by atoms with Crippen molar-refractivity contribution in [3.8, 4) is 40.1 Å². The first-order valence-corrected chi connectivity index (χ1v) is 7.74. The summed E-state index contributed by atoms with van der Waals surface area (Å²) in [4.78, 5) is 32.8. The van der Waals surface area contributed by atoms with Gasteiger partial charge in [-0.1, -0.05) is 6.92 Å². The topological polar surface area (TPSA) is 147 Å². The number of hydrogen-bond donors (Lipinski definition) is 4. The number of benzene rings is 2. The summed E-state index contributed by atoms with van der Waals surface area (Å²) in [7, 11) is 0. The van der Waals surface area contributed by atoms with Gasteiger partial charge >= 0.3 is 5.97 Å². The van der Waals surface area contributed by atoms with Gasteiger partial charge in [-0.3, -0.25) is 14.6 Å². The summed E-state index contributed by atoms with van der Waals surface area (Å²) < 4.78 is 5.45. The smallest absolute Gasteiger partial charge is 0.355 e. The zero-order valence-electron chi connectivity index (χ0n) is 13.9. The maximum atomic E-state index is 12.4. The molecule has 0 saturated heterocycles. The second-order valence-corrected chi connectivity index (χ2v) is 5.52. The van der Waals surface area contributed by atoms with Crippen LogP contribution in [0, 0.1) is 0 Å². The number of carbonyl (C=O) groups is 1. The SMILES string of the molecule is CCC(=O)OOc1cc(-c2oc3cc(O)cc(O)c3c(=O)c2O)ccc1O. The fraction of sp³-hybridized carbons (Fsp3) is 0.111. The molecule has 4 N–H and O–H groups in total. The van der Waals surface area contributed by atoms with E-state index in [1.54, 1.807) is 6.92 Å². The number of aromatic hydroxyl groups is 4. The number of rotatable bonds is 4. The van der Waals surface area contributed by atoms with Crippen molar-refractivity contribution in [3.05, 3.63) is 40.6 Å². The van der Waals surface area contributed by atoms with Crippen LogP contribution in [0.15, 0.2) is 39.5 Å². The molecule has 0 aliphatic heterocycles. The van der Waals surface area contributed by atoms with E-state index < -0.39 is 22.9 Å². The lowest BCUT2D eigenvalue weighted by molar-refractivity contribution is -0.213. The molecule has 0 radical (unpaired) electrons. The zero-order valence-corrected chi connectivity index (χ0v) is 13.9. The van der Waals surface area contributed by atoms with E-state index in [1.807, 2.05) is 0 Å². The molecule has 2 aromatic carbocycles. The lowest BCUT2D eigenvalue weighted by Crippen LogP contribution is -2.06. The van der Waals surface area contributed by atoms with E-state index in [-0.39, 0.29) is 46.0 Å². The maximum absolute atomic E-state index is 12.4. The van der Waals surface area contributed by atoms with Crippen LogP contribution in [-0.2, 0) is 9.68 Å². The number of phenols is 3. The van der Waals surface area contributed by atoms with E-state index in [0.29, 0.717) is 0 Å². The highest BCUT2D eigenvalue weighted by atomic mass is 17.2. The van der Waals surface area contributed by atoms with Crippen molar-refractivity contribution < 1.29 is 39.4 Å². The lowest BCUT2D eigenvalue weighted by atomic mass is 10.1. The van der Waals surface area contributed by atoms with Crippen LogP contribution >= 0.6 is 0 Å². The van der Waals surface area contributed by atoms with Gasteiger partial charge < -0.3 is 24.8 Å². The lowest BCUT2D eigenvalue weighted by Gasteiger charge is -2.10. The monoisotopic (exact) mass is 374 g/mol. The van der Waals surface area contributed by atoms with Gasteiger partial charge in [0.05, 0.1) is 0 Å². The molecular weight excluding hydrogens is 360 g/mol. The van der Waals surface area contributed by atoms with E-state index in [1.165, 1.54) is 18.2 Å². The highest BCUT2D eigenvalue weighted by Gasteiger charge is 2.20. The van der Waals surface area contributed by atoms with Gasteiger partial charge in [0, 0.05) is 30.2 Å². The molecule has 0 spiro atoms. The van der Waals surface area contributed by atoms with Crippen LogP contribution in [0.25, 0.3) is 22.3 Å². The molecule has 27 heavy (non-hydrogen) atoms. The first-order chi connectivity index (χ1) is 12.8. The quantitative estimate of drug-likeness (QED) is 0.399. The van der Waals surface area contributed by atoms with E-state index in [9.17, 15) is 30.0 Å². The minimum absolute atomic E-state index is 0.0494. The maximum Gasteiger partial charge on any atom is 0.355 e. The van der Waals surface area contributed by atoms with Gasteiger partial charge in [0.2, 0.25) is 16.9 Å². The summed E-state index contributed by atoms with van der Waals surface area (Å²) in [5.74, 6) is -3.29. The van der Waals surface area contributed by atoms with Gasteiger partial charge in [-0.2, -0.15) is 0 Å². The van der Waals surface area contributed by atoms with Gasteiger partial charge in [-0.15, -0.1) is 0 Å². The minimum Gasteiger partial charge on any atom is -0.508 e. The predicted molar refractivity (Wildman–Crippen MR) is 91.6 cm³/mol. The van der Waals surface area contributed by atoms with Gasteiger partial charge in [0.15, 0.2) is 11.5 Å². The Morgan fingerprint density at radius 2 is 1.81 bits per heavy atom. The first-order valence-electron chi connectivity index (χ1n) is 7.74. The predicted octanol–water partition coefficient (Wildman–Crippen LogP) is 2.53. The second-order valence-electron chi connectivity index (χ2n) is 5.52. The van der Waals surface area contributed by atoms with Crippen LogP contribution < -0.4 is 10.3 Å². The fourth-order valence-electron chi connectivity index (χ4n) is 2.34. The molecule has 140 valence electrons. The molecule has 0 aliphatic rings. The summed E-state index contributed by atoms with van der Waals surface area (Å²) in [5, 5.41) is 39.1. The van der Waals surface area contributed by atoms with Crippen LogP contribution in [0.4, 0.5) is 0 Å². The van der Waals surface area contributed by atoms with Crippen molar-refractivity contribution >= 4 is 16.9 Å². The molecule has 3 rings (SSSR count).